The first-order valence-electron chi connectivity index (χ1n) is 17.5. The first-order chi connectivity index (χ1) is 26.0. The van der Waals surface area contributed by atoms with E-state index in [0.29, 0.717) is 0 Å². The predicted molar refractivity (Wildman–Crippen MR) is 231 cm³/mol. The number of hydrogen-bond donors (Lipinski definition) is 2. The topological polar surface area (TPSA) is 74.1 Å². The van der Waals surface area contributed by atoms with Gasteiger partial charge in [-0.2, -0.15) is 4.99 Å². The molecule has 0 unspecified atom stereocenters. The van der Waals surface area contributed by atoms with Crippen LogP contribution in [0, 0.1) is 0 Å². The van der Waals surface area contributed by atoms with Crippen molar-refractivity contribution < 1.29 is 0 Å². The van der Waals surface area contributed by atoms with Gasteiger partial charge < -0.3 is 26.2 Å². The van der Waals surface area contributed by atoms with Crippen LogP contribution in [0.3, 0.4) is 0 Å². The third kappa shape index (κ3) is 9.37. The van der Waals surface area contributed by atoms with Crippen molar-refractivity contribution in [3.8, 4) is 0 Å². The number of isothiocyanates is 1. The Balaban J connectivity index is 1.10. The molecule has 0 saturated carbocycles. The lowest BCUT2D eigenvalue weighted by Crippen LogP contribution is -2.55. The molecule has 260 valence electrons. The van der Waals surface area contributed by atoms with Gasteiger partial charge in [-0.05, 0) is 118 Å². The molecule has 0 amide bonds. The summed E-state index contributed by atoms with van der Waals surface area (Å²) in [5, 5.41) is 2.41. The molecule has 53 heavy (non-hydrogen) atoms. The molecule has 6 nitrogen and oxygen atoms in total. The van der Waals surface area contributed by atoms with Crippen LogP contribution in [-0.4, -0.2) is 25.2 Å². The number of nitrogen functional groups attached to an aromatic ring is 2. The molecule has 1 fully saturated rings. The zero-order chi connectivity index (χ0) is 36.4. The highest BCUT2D eigenvalue weighted by Gasteiger charge is 2.24. The van der Waals surface area contributed by atoms with Crippen molar-refractivity contribution in [3.63, 3.8) is 0 Å². The second-order valence-corrected chi connectivity index (χ2v) is 13.1. The quantitative estimate of drug-likeness (QED) is 0.0639. The Bertz CT molecular complexity index is 2140. The molecule has 0 aromatic heterocycles. The van der Waals surface area contributed by atoms with Gasteiger partial charge in [-0.15, -0.1) is 0 Å². The fourth-order valence-corrected chi connectivity index (χ4v) is 6.24. The van der Waals surface area contributed by atoms with Crippen LogP contribution in [0.2, 0.25) is 0 Å². The fourth-order valence-electron chi connectivity index (χ4n) is 6.14. The molecule has 0 atom stereocenters. The van der Waals surface area contributed by atoms with Crippen molar-refractivity contribution in [3.05, 3.63) is 179 Å². The van der Waals surface area contributed by atoms with Crippen LogP contribution in [0.25, 0.3) is 36.5 Å². The predicted octanol–water partition coefficient (Wildman–Crippen LogP) is 10.8. The highest BCUT2D eigenvalue weighted by molar-refractivity contribution is 7.78. The van der Waals surface area contributed by atoms with E-state index in [1.807, 2.05) is 72.8 Å². The molecular formula is C46H40N6S. The van der Waals surface area contributed by atoms with Gasteiger partial charge in [-0.3, -0.25) is 0 Å². The van der Waals surface area contributed by atoms with Crippen LogP contribution >= 0.6 is 12.2 Å². The molecule has 4 N–H and O–H groups in total. The Kier molecular flexibility index (Phi) is 10.9. The van der Waals surface area contributed by atoms with Gasteiger partial charge in [0.25, 0.3) is 0 Å². The van der Waals surface area contributed by atoms with Gasteiger partial charge in [0.05, 0.1) is 30.9 Å². The van der Waals surface area contributed by atoms with E-state index in [4.69, 9.17) is 23.7 Å². The zero-order valence-corrected chi connectivity index (χ0v) is 30.1. The summed E-state index contributed by atoms with van der Waals surface area (Å²) in [5.41, 5.74) is 24.3. The molecule has 7 heteroatoms. The van der Waals surface area contributed by atoms with E-state index in [1.54, 1.807) is 0 Å². The number of hydrogen-bond acceptors (Lipinski definition) is 7. The number of thiocarbonyl (C=S) groups is 1. The molecule has 0 aliphatic carbocycles. The van der Waals surface area contributed by atoms with Crippen LogP contribution in [-0.2, 0) is 0 Å². The molecular weight excluding hydrogens is 669 g/mol. The number of nitrogens with zero attached hydrogens (tertiary/aromatic N) is 4. The minimum atomic E-state index is 0.755. The molecule has 6 aromatic carbocycles. The summed E-state index contributed by atoms with van der Waals surface area (Å²) in [4.78, 5) is 11.3. The van der Waals surface area contributed by atoms with E-state index >= 15 is 0 Å². The molecule has 6 aromatic rings. The van der Waals surface area contributed by atoms with Crippen molar-refractivity contribution in [2.75, 3.05) is 46.2 Å². The largest absolute Gasteiger partial charge is 0.399 e. The summed E-state index contributed by atoms with van der Waals surface area (Å²) >= 11 is 4.71. The minimum Gasteiger partial charge on any atom is -0.399 e. The van der Waals surface area contributed by atoms with Gasteiger partial charge in [0, 0.05) is 28.4 Å². The van der Waals surface area contributed by atoms with E-state index < -0.39 is 0 Å². The summed E-state index contributed by atoms with van der Waals surface area (Å²) < 4.78 is 0. The normalized spacial score (nSPS) is 13.2. The van der Waals surface area contributed by atoms with E-state index in [2.05, 4.69) is 134 Å². The van der Waals surface area contributed by atoms with Crippen LogP contribution < -0.4 is 26.2 Å². The average Bonchev–Trinajstić information content (AvgIpc) is 3.21. The number of benzene rings is 6. The number of aliphatic imine (C=N–C) groups is 1. The van der Waals surface area contributed by atoms with Crippen LogP contribution in [0.1, 0.15) is 33.4 Å². The van der Waals surface area contributed by atoms with Gasteiger partial charge in [0.1, 0.15) is 0 Å². The summed E-state index contributed by atoms with van der Waals surface area (Å²) in [7, 11) is 0. The average molecular weight is 709 g/mol. The Morgan fingerprint density at radius 1 is 0.396 bits per heavy atom. The molecule has 1 aliphatic heterocycles. The van der Waals surface area contributed by atoms with E-state index in [1.165, 1.54) is 0 Å². The summed E-state index contributed by atoms with van der Waals surface area (Å²) in [6, 6.07) is 50.0. The Labute approximate surface area is 317 Å². The molecule has 0 spiro atoms. The maximum atomic E-state index is 5.86. The maximum absolute atomic E-state index is 5.86. The monoisotopic (exact) mass is 708 g/mol. The Hall–Kier alpha value is -6.66. The van der Waals surface area contributed by atoms with Gasteiger partial charge in [0.15, 0.2) is 0 Å². The molecule has 0 radical (unpaired) electrons. The van der Waals surface area contributed by atoms with Crippen molar-refractivity contribution in [2.45, 2.75) is 0 Å². The van der Waals surface area contributed by atoms with Gasteiger partial charge in [0.2, 0.25) is 0 Å². The maximum Gasteiger partial charge on any atom is 0.0937 e. The van der Waals surface area contributed by atoms with E-state index in [0.717, 1.165) is 87.5 Å². The first kappa shape index (κ1) is 34.8. The fraction of sp³-hybridized carbons (Fsp3) is 0.0652. The van der Waals surface area contributed by atoms with Crippen LogP contribution in [0.5, 0.6) is 0 Å². The van der Waals surface area contributed by atoms with Crippen LogP contribution in [0.4, 0.5) is 34.1 Å². The number of rotatable bonds is 10. The lowest BCUT2D eigenvalue weighted by molar-refractivity contribution is 0.611. The van der Waals surface area contributed by atoms with E-state index in [9.17, 15) is 0 Å². The minimum absolute atomic E-state index is 0.755. The number of anilines is 5. The SMILES string of the molecule is Nc1ccc(/C=C/c2ccc(N3CN(c4ccc(/C=C/c5ccc(N)cc5)cc4)CN(c4ccc(/C=C/c5ccc(N=C=S)cc5)cc4)C3)cc2)cc1. The molecule has 1 saturated heterocycles. The first-order valence-corrected chi connectivity index (χ1v) is 17.9. The highest BCUT2D eigenvalue weighted by Crippen LogP contribution is 2.28. The van der Waals surface area contributed by atoms with Crippen molar-refractivity contribution in [1.29, 1.82) is 0 Å². The van der Waals surface area contributed by atoms with E-state index in [-0.39, 0.29) is 0 Å². The van der Waals surface area contributed by atoms with Gasteiger partial charge >= 0.3 is 0 Å². The molecule has 1 heterocycles. The van der Waals surface area contributed by atoms with Crippen molar-refractivity contribution >= 4 is 88.0 Å². The second-order valence-electron chi connectivity index (χ2n) is 12.9. The lowest BCUT2D eigenvalue weighted by Gasteiger charge is -2.45. The van der Waals surface area contributed by atoms with Gasteiger partial charge in [-0.25, -0.2) is 0 Å². The number of nitrogens with two attached hydrogens (primary N) is 2. The zero-order valence-electron chi connectivity index (χ0n) is 29.3. The van der Waals surface area contributed by atoms with Crippen molar-refractivity contribution in [1.82, 2.24) is 0 Å². The standard InChI is InChI=1S/C46H40N6S/c47-41-19-7-35(8-20-41)1-4-38-13-25-44(26-14-38)50-32-51(45-27-15-39(16-28-45)5-2-36-9-21-42(48)22-10-36)34-52(33-50)46-29-17-40(18-30-46)6-3-37-11-23-43(24-12-37)49-31-53/h1-30H,32-34,47-48H2/b4-1+,5-2+,6-3+. The summed E-state index contributed by atoms with van der Waals surface area (Å²) in [6.45, 7) is 2.27. The Morgan fingerprint density at radius 2 is 0.642 bits per heavy atom. The summed E-state index contributed by atoms with van der Waals surface area (Å²) in [6.07, 6.45) is 12.7. The second kappa shape index (κ2) is 16.6. The lowest BCUT2D eigenvalue weighted by atomic mass is 10.1. The third-order valence-corrected chi connectivity index (χ3v) is 9.24. The van der Waals surface area contributed by atoms with Crippen LogP contribution in [0.15, 0.2) is 151 Å². The molecule has 0 bridgehead atoms. The van der Waals surface area contributed by atoms with Crippen molar-refractivity contribution in [2.24, 2.45) is 4.99 Å². The Morgan fingerprint density at radius 3 is 0.906 bits per heavy atom. The molecule has 7 rings (SSSR count). The highest BCUT2D eigenvalue weighted by atomic mass is 32.1. The third-order valence-electron chi connectivity index (χ3n) is 9.14. The summed E-state index contributed by atoms with van der Waals surface area (Å²) in [5.74, 6) is 0. The van der Waals surface area contributed by atoms with Gasteiger partial charge in [-0.1, -0.05) is 109 Å². The molecule has 1 aliphatic rings. The smallest absolute Gasteiger partial charge is 0.0937 e.